The van der Waals surface area contributed by atoms with Crippen molar-refractivity contribution in [2.24, 2.45) is 0 Å². The maximum absolute atomic E-state index is 13.6. The SMILES string of the molecule is Cc1ccc(C2=C(SC(C)C)C(=O)N(c3cccc(F)c3)C2=O)c(C)c1. The predicted molar refractivity (Wildman–Crippen MR) is 104 cm³/mol. The normalized spacial score (nSPS) is 14.8. The largest absolute Gasteiger partial charge is 0.272 e. The molecule has 0 aromatic heterocycles. The molecule has 0 atom stereocenters. The van der Waals surface area contributed by atoms with Gasteiger partial charge in [0.2, 0.25) is 0 Å². The Balaban J connectivity index is 2.16. The molecule has 2 aromatic rings. The van der Waals surface area contributed by atoms with E-state index < -0.39 is 17.6 Å². The fourth-order valence-electron chi connectivity index (χ4n) is 3.04. The van der Waals surface area contributed by atoms with E-state index in [1.54, 1.807) is 6.07 Å². The maximum Gasteiger partial charge on any atom is 0.272 e. The van der Waals surface area contributed by atoms with Gasteiger partial charge in [0.05, 0.1) is 16.2 Å². The first-order valence-electron chi connectivity index (χ1n) is 8.42. The molecule has 1 heterocycles. The highest BCUT2D eigenvalue weighted by Gasteiger charge is 2.41. The number of aryl methyl sites for hydroxylation is 2. The first kappa shape index (κ1) is 18.4. The zero-order valence-electron chi connectivity index (χ0n) is 15.2. The standard InChI is InChI=1S/C21H20FNO2S/c1-12(2)26-19-18(17-9-8-13(3)10-14(17)4)20(24)23(21(19)25)16-7-5-6-15(22)11-16/h5-12H,1-4H3. The molecule has 26 heavy (non-hydrogen) atoms. The summed E-state index contributed by atoms with van der Waals surface area (Å²) in [4.78, 5) is 27.7. The summed E-state index contributed by atoms with van der Waals surface area (Å²) in [5.41, 5.74) is 3.42. The van der Waals surface area contributed by atoms with E-state index in [9.17, 15) is 14.0 Å². The van der Waals surface area contributed by atoms with Crippen LogP contribution in [0.25, 0.3) is 5.57 Å². The van der Waals surface area contributed by atoms with Gasteiger partial charge in [0.25, 0.3) is 11.8 Å². The fourth-order valence-corrected chi connectivity index (χ4v) is 4.01. The zero-order valence-corrected chi connectivity index (χ0v) is 16.0. The number of anilines is 1. The summed E-state index contributed by atoms with van der Waals surface area (Å²) in [7, 11) is 0. The van der Waals surface area contributed by atoms with Crippen molar-refractivity contribution in [3.05, 3.63) is 69.9 Å². The monoisotopic (exact) mass is 369 g/mol. The molecule has 3 nitrogen and oxygen atoms in total. The van der Waals surface area contributed by atoms with Crippen molar-refractivity contribution in [2.75, 3.05) is 4.90 Å². The van der Waals surface area contributed by atoms with E-state index >= 15 is 0 Å². The predicted octanol–water partition coefficient (Wildman–Crippen LogP) is 4.87. The number of nitrogens with zero attached hydrogens (tertiary/aromatic N) is 1. The third kappa shape index (κ3) is 3.31. The van der Waals surface area contributed by atoms with Crippen LogP contribution in [-0.2, 0) is 9.59 Å². The van der Waals surface area contributed by atoms with Crippen molar-refractivity contribution >= 4 is 34.8 Å². The molecule has 1 aliphatic heterocycles. The van der Waals surface area contributed by atoms with Gasteiger partial charge in [0.15, 0.2) is 0 Å². The number of carbonyl (C=O) groups is 2. The molecule has 0 unspecified atom stereocenters. The van der Waals surface area contributed by atoms with Crippen molar-refractivity contribution in [1.29, 1.82) is 0 Å². The number of hydrogen-bond donors (Lipinski definition) is 0. The second-order valence-electron chi connectivity index (χ2n) is 6.61. The maximum atomic E-state index is 13.6. The quantitative estimate of drug-likeness (QED) is 0.722. The molecule has 134 valence electrons. The summed E-state index contributed by atoms with van der Waals surface area (Å²) in [6.45, 7) is 7.85. The van der Waals surface area contributed by atoms with Crippen LogP contribution in [0.4, 0.5) is 10.1 Å². The van der Waals surface area contributed by atoms with Crippen LogP contribution in [0, 0.1) is 19.7 Å². The van der Waals surface area contributed by atoms with Crippen LogP contribution in [0.1, 0.15) is 30.5 Å². The van der Waals surface area contributed by atoms with E-state index in [-0.39, 0.29) is 10.9 Å². The van der Waals surface area contributed by atoms with Crippen molar-refractivity contribution in [3.8, 4) is 0 Å². The van der Waals surface area contributed by atoms with E-state index in [4.69, 9.17) is 0 Å². The summed E-state index contributed by atoms with van der Waals surface area (Å²) < 4.78 is 13.6. The Kier molecular flexibility index (Phi) is 5.01. The van der Waals surface area contributed by atoms with Gasteiger partial charge in [-0.25, -0.2) is 9.29 Å². The lowest BCUT2D eigenvalue weighted by atomic mass is 9.99. The number of hydrogen-bond acceptors (Lipinski definition) is 3. The van der Waals surface area contributed by atoms with Gasteiger partial charge in [-0.15, -0.1) is 11.8 Å². The Hall–Kier alpha value is -2.40. The van der Waals surface area contributed by atoms with Crippen molar-refractivity contribution < 1.29 is 14.0 Å². The fraction of sp³-hybridized carbons (Fsp3) is 0.238. The van der Waals surface area contributed by atoms with Crippen LogP contribution in [0.5, 0.6) is 0 Å². The molecule has 2 amide bonds. The number of halogens is 1. The van der Waals surface area contributed by atoms with Crippen molar-refractivity contribution in [3.63, 3.8) is 0 Å². The van der Waals surface area contributed by atoms with E-state index in [0.29, 0.717) is 10.5 Å². The van der Waals surface area contributed by atoms with Gasteiger partial charge in [-0.1, -0.05) is 43.7 Å². The van der Waals surface area contributed by atoms with E-state index in [1.807, 2.05) is 45.9 Å². The third-order valence-corrected chi connectivity index (χ3v) is 5.20. The number of benzene rings is 2. The third-order valence-electron chi connectivity index (χ3n) is 4.11. The van der Waals surface area contributed by atoms with Gasteiger partial charge in [0.1, 0.15) is 5.82 Å². The Labute approximate surface area is 156 Å². The summed E-state index contributed by atoms with van der Waals surface area (Å²) in [6.07, 6.45) is 0. The lowest BCUT2D eigenvalue weighted by Crippen LogP contribution is -2.31. The first-order chi connectivity index (χ1) is 12.3. The summed E-state index contributed by atoms with van der Waals surface area (Å²) in [5, 5.41) is 0.134. The molecule has 0 radical (unpaired) electrons. The Morgan fingerprint density at radius 3 is 2.35 bits per heavy atom. The van der Waals surface area contributed by atoms with Gasteiger partial charge in [-0.3, -0.25) is 9.59 Å². The van der Waals surface area contributed by atoms with Crippen LogP contribution in [0.2, 0.25) is 0 Å². The summed E-state index contributed by atoms with van der Waals surface area (Å²) in [5.74, 6) is -1.29. The molecular weight excluding hydrogens is 349 g/mol. The van der Waals surface area contributed by atoms with E-state index in [1.165, 1.54) is 30.0 Å². The highest BCUT2D eigenvalue weighted by molar-refractivity contribution is 8.04. The van der Waals surface area contributed by atoms with Gasteiger partial charge in [0, 0.05) is 5.25 Å². The molecule has 1 aliphatic rings. The molecule has 0 N–H and O–H groups in total. The minimum Gasteiger partial charge on any atom is -0.268 e. The van der Waals surface area contributed by atoms with E-state index in [2.05, 4.69) is 0 Å². The van der Waals surface area contributed by atoms with Gasteiger partial charge >= 0.3 is 0 Å². The second kappa shape index (κ2) is 7.08. The van der Waals surface area contributed by atoms with Crippen LogP contribution in [-0.4, -0.2) is 17.1 Å². The van der Waals surface area contributed by atoms with Crippen LogP contribution in [0.3, 0.4) is 0 Å². The number of imide groups is 1. The van der Waals surface area contributed by atoms with Gasteiger partial charge in [-0.2, -0.15) is 0 Å². The molecule has 3 rings (SSSR count). The molecule has 0 saturated carbocycles. The Morgan fingerprint density at radius 1 is 1.00 bits per heavy atom. The minimum atomic E-state index is -0.485. The minimum absolute atomic E-state index is 0.134. The van der Waals surface area contributed by atoms with Gasteiger partial charge < -0.3 is 0 Å². The number of rotatable bonds is 4. The average Bonchev–Trinajstić information content (AvgIpc) is 2.78. The Morgan fingerprint density at radius 2 is 1.73 bits per heavy atom. The molecule has 5 heteroatoms. The lowest BCUT2D eigenvalue weighted by molar-refractivity contribution is -0.119. The molecule has 0 aliphatic carbocycles. The molecule has 0 spiro atoms. The summed E-state index contributed by atoms with van der Waals surface area (Å²) in [6, 6.07) is 11.4. The lowest BCUT2D eigenvalue weighted by Gasteiger charge is -2.15. The highest BCUT2D eigenvalue weighted by Crippen LogP contribution is 2.40. The number of thioether (sulfide) groups is 1. The molecule has 0 saturated heterocycles. The highest BCUT2D eigenvalue weighted by atomic mass is 32.2. The first-order valence-corrected chi connectivity index (χ1v) is 9.30. The average molecular weight is 369 g/mol. The topological polar surface area (TPSA) is 37.4 Å². The molecule has 2 aromatic carbocycles. The summed E-state index contributed by atoms with van der Waals surface area (Å²) >= 11 is 1.37. The van der Waals surface area contributed by atoms with Crippen molar-refractivity contribution in [2.45, 2.75) is 32.9 Å². The number of amides is 2. The second-order valence-corrected chi connectivity index (χ2v) is 8.20. The zero-order chi connectivity index (χ0) is 19.0. The van der Waals surface area contributed by atoms with E-state index in [0.717, 1.165) is 21.6 Å². The molecule has 0 fully saturated rings. The van der Waals surface area contributed by atoms with Crippen LogP contribution >= 0.6 is 11.8 Å². The van der Waals surface area contributed by atoms with Gasteiger partial charge in [-0.05, 0) is 43.2 Å². The van der Waals surface area contributed by atoms with Crippen LogP contribution < -0.4 is 4.90 Å². The molecule has 0 bridgehead atoms. The van der Waals surface area contributed by atoms with Crippen LogP contribution in [0.15, 0.2) is 47.4 Å². The Bertz CT molecular complexity index is 933. The number of carbonyl (C=O) groups excluding carboxylic acids is 2. The van der Waals surface area contributed by atoms with Crippen molar-refractivity contribution in [1.82, 2.24) is 0 Å². The molecular formula is C21H20FNO2S. The smallest absolute Gasteiger partial charge is 0.268 e.